The van der Waals surface area contributed by atoms with E-state index in [2.05, 4.69) is 34.2 Å². The fourth-order valence-electron chi connectivity index (χ4n) is 3.16. The number of aryl methyl sites for hydroxylation is 1. The fourth-order valence-corrected chi connectivity index (χ4v) is 3.16. The number of aromatic nitrogens is 2. The molecular formula is C29H19F3IrN2-2. The van der Waals surface area contributed by atoms with E-state index >= 15 is 0 Å². The SMILES string of the molecule is [2H]C([2H])([2H])c1ccc(-c2[c-]c(F)cc(F)c2F)nc1.[Ir].[c-]1ccccc1-c1cc(-c2ccccc2)ccn1. The topological polar surface area (TPSA) is 25.8 Å². The van der Waals surface area contributed by atoms with Crippen LogP contribution < -0.4 is 0 Å². The maximum atomic E-state index is 13.5. The molecular weight excluding hydrogens is 626 g/mol. The van der Waals surface area contributed by atoms with Crippen LogP contribution in [0, 0.1) is 36.4 Å². The number of pyridine rings is 2. The smallest absolute Gasteiger partial charge is 0.0792 e. The molecule has 0 spiro atoms. The molecule has 177 valence electrons. The van der Waals surface area contributed by atoms with E-state index in [9.17, 15) is 13.2 Å². The molecule has 0 unspecified atom stereocenters. The molecule has 0 N–H and O–H groups in total. The van der Waals surface area contributed by atoms with Crippen LogP contribution in [0.4, 0.5) is 13.2 Å². The summed E-state index contributed by atoms with van der Waals surface area (Å²) in [4.78, 5) is 8.10. The molecule has 0 saturated carbocycles. The van der Waals surface area contributed by atoms with Gasteiger partial charge >= 0.3 is 0 Å². The van der Waals surface area contributed by atoms with Gasteiger partial charge in [-0.2, -0.15) is 0 Å². The molecule has 0 fully saturated rings. The van der Waals surface area contributed by atoms with Gasteiger partial charge in [-0.1, -0.05) is 60.2 Å². The van der Waals surface area contributed by atoms with Gasteiger partial charge in [-0.15, -0.1) is 42.0 Å². The van der Waals surface area contributed by atoms with E-state index in [1.165, 1.54) is 23.3 Å². The molecule has 0 bridgehead atoms. The first-order chi connectivity index (χ1) is 17.7. The molecule has 0 amide bonds. The van der Waals surface area contributed by atoms with Crippen molar-refractivity contribution >= 4 is 0 Å². The quantitative estimate of drug-likeness (QED) is 0.150. The van der Waals surface area contributed by atoms with Gasteiger partial charge in [-0.3, -0.25) is 4.39 Å². The van der Waals surface area contributed by atoms with E-state index in [0.717, 1.165) is 17.5 Å². The van der Waals surface area contributed by atoms with Crippen LogP contribution >= 0.6 is 0 Å². The molecule has 2 aromatic heterocycles. The van der Waals surface area contributed by atoms with Gasteiger partial charge < -0.3 is 9.97 Å². The van der Waals surface area contributed by atoms with Gasteiger partial charge in [0, 0.05) is 42.4 Å². The Morgan fingerprint density at radius 1 is 0.800 bits per heavy atom. The summed E-state index contributed by atoms with van der Waals surface area (Å²) in [6.07, 6.45) is 2.86. The van der Waals surface area contributed by atoms with Gasteiger partial charge in [0.25, 0.3) is 0 Å². The van der Waals surface area contributed by atoms with Crippen LogP contribution in [-0.2, 0) is 20.1 Å². The summed E-state index contributed by atoms with van der Waals surface area (Å²) in [7, 11) is 0. The van der Waals surface area contributed by atoms with Crippen LogP contribution in [0.15, 0.2) is 97.3 Å². The summed E-state index contributed by atoms with van der Waals surface area (Å²) in [6, 6.07) is 30.3. The summed E-state index contributed by atoms with van der Waals surface area (Å²) in [5, 5.41) is 0. The van der Waals surface area contributed by atoms with E-state index in [0.29, 0.717) is 6.07 Å². The van der Waals surface area contributed by atoms with Crippen LogP contribution in [0.1, 0.15) is 9.68 Å². The number of hydrogen-bond acceptors (Lipinski definition) is 2. The van der Waals surface area contributed by atoms with Crippen LogP contribution in [0.25, 0.3) is 33.6 Å². The van der Waals surface area contributed by atoms with Gasteiger partial charge in [0.1, 0.15) is 0 Å². The molecule has 35 heavy (non-hydrogen) atoms. The molecule has 5 rings (SSSR count). The van der Waals surface area contributed by atoms with E-state index in [-0.39, 0.29) is 31.4 Å². The molecule has 0 atom stereocenters. The van der Waals surface area contributed by atoms with Gasteiger partial charge in [0.15, 0.2) is 0 Å². The number of benzene rings is 3. The van der Waals surface area contributed by atoms with Gasteiger partial charge in [0.2, 0.25) is 0 Å². The Hall–Kier alpha value is -3.60. The average molecular weight is 648 g/mol. The van der Waals surface area contributed by atoms with Crippen molar-refractivity contribution < 1.29 is 37.4 Å². The van der Waals surface area contributed by atoms with Gasteiger partial charge in [-0.25, -0.2) is 8.78 Å². The number of halogens is 3. The molecule has 2 heterocycles. The Bertz CT molecular complexity index is 1430. The Balaban J connectivity index is 0.000000205. The van der Waals surface area contributed by atoms with E-state index in [4.69, 9.17) is 4.11 Å². The zero-order valence-corrected chi connectivity index (χ0v) is 20.5. The van der Waals surface area contributed by atoms with Crippen molar-refractivity contribution in [3.05, 3.63) is 132 Å². The molecule has 0 saturated heterocycles. The Labute approximate surface area is 220 Å². The zero-order valence-electron chi connectivity index (χ0n) is 21.1. The molecule has 0 aliphatic heterocycles. The molecule has 6 heteroatoms. The maximum absolute atomic E-state index is 13.5. The van der Waals surface area contributed by atoms with E-state index in [1.54, 1.807) is 0 Å². The molecule has 1 radical (unpaired) electrons. The van der Waals surface area contributed by atoms with Crippen molar-refractivity contribution in [2.24, 2.45) is 0 Å². The number of rotatable bonds is 3. The normalized spacial score (nSPS) is 11.7. The summed E-state index contributed by atoms with van der Waals surface area (Å²) in [5.74, 6) is -3.70. The fraction of sp³-hybridized carbons (Fsp3) is 0.0345. The number of hydrogen-bond donors (Lipinski definition) is 0. The second-order valence-corrected chi connectivity index (χ2v) is 7.16. The van der Waals surface area contributed by atoms with Crippen molar-refractivity contribution in [2.45, 2.75) is 6.85 Å². The van der Waals surface area contributed by atoms with Crippen molar-refractivity contribution in [3.63, 3.8) is 0 Å². The second kappa shape index (κ2) is 12.2. The summed E-state index contributed by atoms with van der Waals surface area (Å²) < 4.78 is 61.0. The van der Waals surface area contributed by atoms with Crippen LogP contribution in [0.3, 0.4) is 0 Å². The van der Waals surface area contributed by atoms with Crippen LogP contribution in [0.2, 0.25) is 0 Å². The first-order valence-electron chi connectivity index (χ1n) is 11.7. The summed E-state index contributed by atoms with van der Waals surface area (Å²) in [6.45, 7) is -2.35. The Kier molecular flexibility index (Phi) is 7.64. The van der Waals surface area contributed by atoms with Crippen molar-refractivity contribution in [1.29, 1.82) is 0 Å². The largest absolute Gasteiger partial charge is 0.305 e. The average Bonchev–Trinajstić information content (AvgIpc) is 2.92. The summed E-state index contributed by atoms with van der Waals surface area (Å²) in [5.41, 5.74) is 3.74. The minimum Gasteiger partial charge on any atom is -0.305 e. The minimum atomic E-state index is -2.35. The van der Waals surface area contributed by atoms with E-state index < -0.39 is 29.9 Å². The third kappa shape index (κ3) is 6.72. The first kappa shape index (κ1) is 21.9. The monoisotopic (exact) mass is 648 g/mol. The molecule has 2 nitrogen and oxygen atoms in total. The third-order valence-corrected chi connectivity index (χ3v) is 4.80. The van der Waals surface area contributed by atoms with Crippen LogP contribution in [-0.4, -0.2) is 9.97 Å². The predicted molar refractivity (Wildman–Crippen MR) is 127 cm³/mol. The Morgan fingerprint density at radius 2 is 1.60 bits per heavy atom. The van der Waals surface area contributed by atoms with Crippen molar-refractivity contribution in [2.75, 3.05) is 0 Å². The third-order valence-electron chi connectivity index (χ3n) is 4.80. The second-order valence-electron chi connectivity index (χ2n) is 7.16. The summed E-state index contributed by atoms with van der Waals surface area (Å²) >= 11 is 0. The van der Waals surface area contributed by atoms with Crippen molar-refractivity contribution in [1.82, 2.24) is 9.97 Å². The van der Waals surface area contributed by atoms with Crippen LogP contribution in [0.5, 0.6) is 0 Å². The first-order valence-corrected chi connectivity index (χ1v) is 10.2. The number of nitrogens with zero attached hydrogens (tertiary/aromatic N) is 2. The maximum Gasteiger partial charge on any atom is 0.0792 e. The van der Waals surface area contributed by atoms with Gasteiger partial charge in [-0.05, 0) is 41.0 Å². The van der Waals surface area contributed by atoms with E-state index in [1.807, 2.05) is 60.8 Å². The Morgan fingerprint density at radius 3 is 2.29 bits per heavy atom. The molecule has 5 aromatic rings. The van der Waals surface area contributed by atoms with Crippen molar-refractivity contribution in [3.8, 4) is 33.6 Å². The molecule has 0 aliphatic carbocycles. The molecule has 3 aromatic carbocycles. The minimum absolute atomic E-state index is 0. The van der Waals surface area contributed by atoms with Gasteiger partial charge in [0.05, 0.1) is 11.6 Å². The molecule has 0 aliphatic rings. The standard InChI is InChI=1S/C17H12N.C12H7F3N.Ir/c1-3-7-14(8-4-1)16-11-12-18-17(13-16)15-9-5-2-6-10-15;1-7-2-3-11(16-6-7)9-4-8(13)5-10(14)12(9)15;/h1-9,11-13H;2-3,5-6H,1H3;/q2*-1;/i;1D3;. The zero-order chi connectivity index (χ0) is 26.4. The predicted octanol–water partition coefficient (Wildman–Crippen LogP) is 7.49.